The minimum atomic E-state index is -0.610. The van der Waals surface area contributed by atoms with Crippen LogP contribution < -0.4 is 22.3 Å². The maximum absolute atomic E-state index is 11.3. The monoisotopic (exact) mass is 211 g/mol. The number of anilines is 1. The van der Waals surface area contributed by atoms with Gasteiger partial charge in [0.1, 0.15) is 0 Å². The fraction of sp³-hybridized carbons (Fsp3) is 0.625. The molecule has 0 spiro atoms. The van der Waals surface area contributed by atoms with E-state index < -0.39 is 11.2 Å². The van der Waals surface area contributed by atoms with E-state index in [9.17, 15) is 9.59 Å². The van der Waals surface area contributed by atoms with Crippen LogP contribution in [0.15, 0.2) is 9.59 Å². The van der Waals surface area contributed by atoms with Crippen molar-refractivity contribution < 1.29 is 0 Å². The molecule has 1 saturated carbocycles. The summed E-state index contributed by atoms with van der Waals surface area (Å²) in [6.45, 7) is 0. The van der Waals surface area contributed by atoms with Crippen molar-refractivity contribution >= 4 is 5.82 Å². The summed E-state index contributed by atoms with van der Waals surface area (Å²) >= 11 is 0. The van der Waals surface area contributed by atoms with Crippen LogP contribution in [0, 0.1) is 0 Å². The van der Waals surface area contributed by atoms with E-state index in [1.54, 1.807) is 0 Å². The number of nitrogens with zero attached hydrogens (tertiary/aromatic N) is 1. The molecule has 1 aliphatic rings. The van der Waals surface area contributed by atoms with Crippen molar-refractivity contribution in [3.63, 3.8) is 0 Å². The van der Waals surface area contributed by atoms with Crippen LogP contribution in [0.1, 0.15) is 19.3 Å². The lowest BCUT2D eigenvalue weighted by atomic mass is 10.2. The molecule has 2 rings (SSSR count). The van der Waals surface area contributed by atoms with Gasteiger partial charge >= 0.3 is 5.69 Å². The van der Waals surface area contributed by atoms with Crippen LogP contribution in [-0.2, 0) is 0 Å². The van der Waals surface area contributed by atoms with Gasteiger partial charge in [0.15, 0.2) is 0 Å². The summed E-state index contributed by atoms with van der Waals surface area (Å²) in [7, 11) is 0. The van der Waals surface area contributed by atoms with Crippen LogP contribution in [0.25, 0.3) is 0 Å². The lowest BCUT2D eigenvalue weighted by molar-refractivity contribution is 0.631. The van der Waals surface area contributed by atoms with Crippen LogP contribution in [0.2, 0.25) is 0 Å². The van der Waals surface area contributed by atoms with Gasteiger partial charge in [-0.2, -0.15) is 0 Å². The molecule has 5 N–H and O–H groups in total. The first-order valence-electron chi connectivity index (χ1n) is 4.88. The van der Waals surface area contributed by atoms with Crippen LogP contribution in [-0.4, -0.2) is 27.3 Å². The molecular weight excluding hydrogens is 198 g/mol. The standard InChI is InChI=1S/C8H13N5O2/c9-4-2-1-3-5(4)10-6-7(14)11-8(15)13-12-6/h4-5H,1-3,9H2,(H,10,12)(H2,11,13,14,15). The Bertz CT molecular complexity index is 451. The maximum atomic E-state index is 11.3. The second-order valence-corrected chi connectivity index (χ2v) is 3.70. The summed E-state index contributed by atoms with van der Waals surface area (Å²) in [6.07, 6.45) is 2.90. The number of aromatic amines is 2. The first-order valence-corrected chi connectivity index (χ1v) is 4.88. The SMILES string of the molecule is NC1CCCC1Nc1n[nH]c(=O)[nH]c1=O. The van der Waals surface area contributed by atoms with Crippen molar-refractivity contribution in [3.8, 4) is 0 Å². The quantitative estimate of drug-likeness (QED) is 0.487. The molecule has 2 unspecified atom stereocenters. The minimum absolute atomic E-state index is 0.0399. The second kappa shape index (κ2) is 3.85. The molecule has 1 aromatic heterocycles. The number of hydrogen-bond donors (Lipinski definition) is 4. The molecule has 2 atom stereocenters. The van der Waals surface area contributed by atoms with Gasteiger partial charge in [0.05, 0.1) is 0 Å². The highest BCUT2D eigenvalue weighted by atomic mass is 16.2. The first-order chi connectivity index (χ1) is 7.16. The molecule has 0 aliphatic heterocycles. The molecule has 1 heterocycles. The normalized spacial score (nSPS) is 25.4. The number of hydrogen-bond acceptors (Lipinski definition) is 5. The summed E-state index contributed by atoms with van der Waals surface area (Å²) in [6, 6.07) is 0.0997. The van der Waals surface area contributed by atoms with E-state index in [2.05, 4.69) is 20.5 Å². The summed E-state index contributed by atoms with van der Waals surface area (Å²) < 4.78 is 0. The highest BCUT2D eigenvalue weighted by Crippen LogP contribution is 2.19. The summed E-state index contributed by atoms with van der Waals surface area (Å²) in [5, 5.41) is 8.73. The van der Waals surface area contributed by atoms with Gasteiger partial charge in [-0.05, 0) is 19.3 Å². The zero-order valence-electron chi connectivity index (χ0n) is 8.12. The molecule has 0 amide bonds. The van der Waals surface area contributed by atoms with E-state index in [4.69, 9.17) is 5.73 Å². The van der Waals surface area contributed by atoms with Gasteiger partial charge in [0.25, 0.3) is 5.56 Å². The Kier molecular flexibility index (Phi) is 2.55. The van der Waals surface area contributed by atoms with Crippen LogP contribution in [0.5, 0.6) is 0 Å². The highest BCUT2D eigenvalue weighted by Gasteiger charge is 2.24. The van der Waals surface area contributed by atoms with E-state index in [1.807, 2.05) is 0 Å². The smallest absolute Gasteiger partial charge is 0.342 e. The molecule has 1 aliphatic carbocycles. The summed E-state index contributed by atoms with van der Waals surface area (Å²) in [4.78, 5) is 24.1. The molecule has 7 nitrogen and oxygen atoms in total. The van der Waals surface area contributed by atoms with Gasteiger partial charge in [-0.1, -0.05) is 0 Å². The van der Waals surface area contributed by atoms with Crippen molar-refractivity contribution in [2.75, 3.05) is 5.32 Å². The Morgan fingerprint density at radius 2 is 2.20 bits per heavy atom. The van der Waals surface area contributed by atoms with Crippen molar-refractivity contribution in [1.29, 1.82) is 0 Å². The van der Waals surface area contributed by atoms with Crippen LogP contribution in [0.3, 0.4) is 0 Å². The lowest BCUT2D eigenvalue weighted by Crippen LogP contribution is -2.38. The minimum Gasteiger partial charge on any atom is -0.360 e. The Labute approximate surface area is 85.1 Å². The van der Waals surface area contributed by atoms with E-state index in [0.29, 0.717) is 0 Å². The van der Waals surface area contributed by atoms with E-state index >= 15 is 0 Å². The van der Waals surface area contributed by atoms with E-state index in [-0.39, 0.29) is 17.9 Å². The van der Waals surface area contributed by atoms with Gasteiger partial charge in [-0.3, -0.25) is 9.78 Å². The lowest BCUT2D eigenvalue weighted by Gasteiger charge is -2.16. The number of aromatic nitrogens is 3. The van der Waals surface area contributed by atoms with E-state index in [1.165, 1.54) is 0 Å². The highest BCUT2D eigenvalue weighted by molar-refractivity contribution is 5.31. The Hall–Kier alpha value is -1.63. The predicted octanol–water partition coefficient (Wildman–Crippen LogP) is -1.25. The summed E-state index contributed by atoms with van der Waals surface area (Å²) in [5.41, 5.74) is 4.71. The zero-order valence-corrected chi connectivity index (χ0v) is 8.12. The Morgan fingerprint density at radius 3 is 2.80 bits per heavy atom. The fourth-order valence-corrected chi connectivity index (χ4v) is 1.79. The molecule has 0 saturated heterocycles. The molecule has 7 heteroatoms. The topological polar surface area (TPSA) is 117 Å². The molecule has 0 bridgehead atoms. The number of rotatable bonds is 2. The number of nitrogens with one attached hydrogen (secondary N) is 3. The van der Waals surface area contributed by atoms with Gasteiger partial charge in [0.2, 0.25) is 5.82 Å². The molecule has 15 heavy (non-hydrogen) atoms. The third-order valence-corrected chi connectivity index (χ3v) is 2.60. The molecule has 1 aromatic rings. The zero-order chi connectivity index (χ0) is 10.8. The third kappa shape index (κ3) is 2.07. The number of H-pyrrole nitrogens is 2. The van der Waals surface area contributed by atoms with Crippen molar-refractivity contribution in [2.45, 2.75) is 31.3 Å². The molecule has 0 aromatic carbocycles. The average Bonchev–Trinajstić information content (AvgIpc) is 2.57. The van der Waals surface area contributed by atoms with Gasteiger partial charge in [-0.25, -0.2) is 9.89 Å². The van der Waals surface area contributed by atoms with Gasteiger partial charge < -0.3 is 11.1 Å². The predicted molar refractivity (Wildman–Crippen MR) is 54.7 cm³/mol. The Morgan fingerprint density at radius 1 is 1.40 bits per heavy atom. The largest absolute Gasteiger partial charge is 0.360 e. The van der Waals surface area contributed by atoms with Crippen molar-refractivity contribution in [3.05, 3.63) is 20.8 Å². The van der Waals surface area contributed by atoms with Gasteiger partial charge in [0, 0.05) is 12.1 Å². The average molecular weight is 211 g/mol. The Balaban J connectivity index is 2.17. The van der Waals surface area contributed by atoms with Crippen molar-refractivity contribution in [2.24, 2.45) is 5.73 Å². The summed E-state index contributed by atoms with van der Waals surface area (Å²) in [5.74, 6) is 0.122. The first kappa shape index (κ1) is 9.91. The second-order valence-electron chi connectivity index (χ2n) is 3.70. The maximum Gasteiger partial charge on any atom is 0.342 e. The molecular formula is C8H13N5O2. The van der Waals surface area contributed by atoms with Crippen LogP contribution in [0.4, 0.5) is 5.82 Å². The molecule has 1 fully saturated rings. The third-order valence-electron chi connectivity index (χ3n) is 2.60. The molecule has 0 radical (unpaired) electrons. The van der Waals surface area contributed by atoms with Crippen molar-refractivity contribution in [1.82, 2.24) is 15.2 Å². The molecule has 82 valence electrons. The van der Waals surface area contributed by atoms with Gasteiger partial charge in [-0.15, -0.1) is 5.10 Å². The number of nitrogens with two attached hydrogens (primary N) is 1. The fourth-order valence-electron chi connectivity index (χ4n) is 1.79. The van der Waals surface area contributed by atoms with Crippen LogP contribution >= 0.6 is 0 Å². The van der Waals surface area contributed by atoms with E-state index in [0.717, 1.165) is 19.3 Å².